The standard InChI is InChI=1S/C46H57N5O9S/c1-9-17-34-41(52)51-61(56,57)25-16-11-10-13-20-30-26-31(39(42(53)48-34)49-43(54)40(45(2,3)4)50-44(55)60-46(5,6)7)21-24-37(30)59-38-28-35(29-18-14-12-15-19-29)47-36-27-32(58-8)22-23-33(36)38/h12-15,18-24,26-28,34,39-40H,9-11,16-17,25H2,1-8H3,(H,48,53)(H,49,54)(H,50,55)(H,51,52)/b20-13-/t34-,39?,40+/m0/s1. The first-order valence-electron chi connectivity index (χ1n) is 20.4. The van der Waals surface area contributed by atoms with Crippen LogP contribution in [-0.2, 0) is 29.1 Å². The van der Waals surface area contributed by atoms with Crippen molar-refractivity contribution in [1.29, 1.82) is 0 Å². The van der Waals surface area contributed by atoms with Crippen molar-refractivity contribution in [2.24, 2.45) is 5.41 Å². The topological polar surface area (TPSA) is 191 Å². The van der Waals surface area contributed by atoms with E-state index in [1.165, 1.54) is 0 Å². The zero-order valence-corrected chi connectivity index (χ0v) is 36.9. The molecular formula is C46H57N5O9S. The molecule has 1 unspecified atom stereocenters. The van der Waals surface area contributed by atoms with Gasteiger partial charge in [0, 0.05) is 28.6 Å². The minimum atomic E-state index is -4.02. The van der Waals surface area contributed by atoms with Crippen LogP contribution in [0.2, 0.25) is 0 Å². The number of rotatable bonds is 9. The molecule has 0 aliphatic carbocycles. The van der Waals surface area contributed by atoms with Crippen molar-refractivity contribution >= 4 is 50.8 Å². The summed E-state index contributed by atoms with van der Waals surface area (Å²) in [7, 11) is -2.43. The van der Waals surface area contributed by atoms with Crippen molar-refractivity contribution in [3.05, 3.63) is 90.0 Å². The van der Waals surface area contributed by atoms with Gasteiger partial charge in [0.1, 0.15) is 41.0 Å². The molecule has 61 heavy (non-hydrogen) atoms. The van der Waals surface area contributed by atoms with Crippen LogP contribution in [0.25, 0.3) is 28.2 Å². The Bertz CT molecular complexity index is 2370. The molecule has 3 aromatic carbocycles. The summed E-state index contributed by atoms with van der Waals surface area (Å²) in [5, 5.41) is 8.89. The number of hydrogen-bond donors (Lipinski definition) is 4. The molecule has 3 atom stereocenters. The quantitative estimate of drug-likeness (QED) is 0.130. The SMILES string of the molecule is CCC[C@@H]1NC(=O)C(NC(=O)[C@@H](NC(=O)OC(C)(C)C)C(C)(C)C)c2ccc(Oc3cc(-c4ccccc4)nc4cc(OC)ccc34)c(c2)/C=C\CCCCS(=O)(=O)NC1=O. The number of nitrogens with one attached hydrogen (secondary N) is 4. The second kappa shape index (κ2) is 19.6. The largest absolute Gasteiger partial charge is 0.497 e. The van der Waals surface area contributed by atoms with Gasteiger partial charge in [0.15, 0.2) is 0 Å². The maximum atomic E-state index is 14.4. The average Bonchev–Trinajstić information content (AvgIpc) is 3.18. The third kappa shape index (κ3) is 12.8. The molecule has 326 valence electrons. The summed E-state index contributed by atoms with van der Waals surface area (Å²) in [5.74, 6) is -1.11. The van der Waals surface area contributed by atoms with Gasteiger partial charge >= 0.3 is 6.09 Å². The van der Waals surface area contributed by atoms with Crippen LogP contribution in [0.15, 0.2) is 78.9 Å². The van der Waals surface area contributed by atoms with Gasteiger partial charge in [-0.15, -0.1) is 0 Å². The third-order valence-corrected chi connectivity index (χ3v) is 11.1. The molecule has 5 rings (SSSR count). The number of alkyl carbamates (subject to hydrolysis) is 1. The zero-order valence-electron chi connectivity index (χ0n) is 36.1. The van der Waals surface area contributed by atoms with Crippen molar-refractivity contribution in [3.63, 3.8) is 0 Å². The Morgan fingerprint density at radius 3 is 2.33 bits per heavy atom. The monoisotopic (exact) mass is 855 g/mol. The first-order valence-corrected chi connectivity index (χ1v) is 22.1. The maximum absolute atomic E-state index is 14.4. The number of sulfonamides is 1. The van der Waals surface area contributed by atoms with Crippen molar-refractivity contribution in [2.45, 2.75) is 104 Å². The lowest BCUT2D eigenvalue weighted by Crippen LogP contribution is -2.57. The van der Waals surface area contributed by atoms with E-state index in [2.05, 4.69) is 20.7 Å². The summed E-state index contributed by atoms with van der Waals surface area (Å²) >= 11 is 0. The molecule has 1 aliphatic rings. The molecule has 14 nitrogen and oxygen atoms in total. The van der Waals surface area contributed by atoms with Crippen LogP contribution in [0.4, 0.5) is 4.79 Å². The van der Waals surface area contributed by atoms with Crippen molar-refractivity contribution in [2.75, 3.05) is 12.9 Å². The second-order valence-corrected chi connectivity index (χ2v) is 18.9. The van der Waals surface area contributed by atoms with E-state index in [9.17, 15) is 27.6 Å². The van der Waals surface area contributed by atoms with E-state index < -0.39 is 63.0 Å². The van der Waals surface area contributed by atoms with Gasteiger partial charge in [-0.05, 0) is 81.7 Å². The van der Waals surface area contributed by atoms with E-state index in [1.54, 1.807) is 73.8 Å². The molecule has 0 saturated carbocycles. The highest BCUT2D eigenvalue weighted by atomic mass is 32.2. The smallest absolute Gasteiger partial charge is 0.408 e. The van der Waals surface area contributed by atoms with E-state index in [4.69, 9.17) is 19.2 Å². The summed E-state index contributed by atoms with van der Waals surface area (Å²) in [6.07, 6.45) is 4.72. The number of methoxy groups -OCH3 is 1. The lowest BCUT2D eigenvalue weighted by molar-refractivity contribution is -0.133. The van der Waals surface area contributed by atoms with E-state index >= 15 is 0 Å². The first-order chi connectivity index (χ1) is 28.8. The lowest BCUT2D eigenvalue weighted by Gasteiger charge is -2.33. The summed E-state index contributed by atoms with van der Waals surface area (Å²) in [6.45, 7) is 12.2. The highest BCUT2D eigenvalue weighted by molar-refractivity contribution is 7.90. The molecule has 4 N–H and O–H groups in total. The van der Waals surface area contributed by atoms with Gasteiger partial charge in [-0.2, -0.15) is 0 Å². The molecule has 15 heteroatoms. The number of nitrogens with zero attached hydrogens (tertiary/aromatic N) is 1. The number of allylic oxidation sites excluding steroid dienone is 1. The Kier molecular flexibility index (Phi) is 14.8. The fourth-order valence-electron chi connectivity index (χ4n) is 6.71. The van der Waals surface area contributed by atoms with E-state index in [1.807, 2.05) is 66.7 Å². The first kappa shape index (κ1) is 46.1. The van der Waals surface area contributed by atoms with Gasteiger partial charge in [-0.3, -0.25) is 19.1 Å². The van der Waals surface area contributed by atoms with Crippen LogP contribution in [-0.4, -0.2) is 67.8 Å². The maximum Gasteiger partial charge on any atom is 0.408 e. The highest BCUT2D eigenvalue weighted by Gasteiger charge is 2.37. The molecule has 1 aliphatic heterocycles. The summed E-state index contributed by atoms with van der Waals surface area (Å²) in [4.78, 5) is 60.0. The highest BCUT2D eigenvalue weighted by Crippen LogP contribution is 2.37. The minimum absolute atomic E-state index is 0.121. The van der Waals surface area contributed by atoms with Crippen molar-refractivity contribution in [3.8, 4) is 28.5 Å². The number of benzene rings is 3. The Hall–Kier alpha value is -5.96. The second-order valence-electron chi connectivity index (χ2n) is 17.1. The Labute approximate surface area is 358 Å². The van der Waals surface area contributed by atoms with Gasteiger partial charge in [-0.1, -0.05) is 82.7 Å². The van der Waals surface area contributed by atoms with Crippen molar-refractivity contribution < 1.29 is 41.8 Å². The summed E-state index contributed by atoms with van der Waals surface area (Å²) in [6, 6.07) is 18.3. The van der Waals surface area contributed by atoms with E-state index in [-0.39, 0.29) is 18.6 Å². The normalized spacial score (nSPS) is 18.5. The predicted molar refractivity (Wildman–Crippen MR) is 235 cm³/mol. The van der Waals surface area contributed by atoms with Gasteiger partial charge in [0.05, 0.1) is 24.1 Å². The molecule has 2 heterocycles. The van der Waals surface area contributed by atoms with Crippen LogP contribution in [0.1, 0.15) is 97.7 Å². The molecule has 0 radical (unpaired) electrons. The Morgan fingerprint density at radius 1 is 0.918 bits per heavy atom. The average molecular weight is 856 g/mol. The number of aromatic nitrogens is 1. The van der Waals surface area contributed by atoms with E-state index in [0.717, 1.165) is 5.56 Å². The number of carbonyl (C=O) groups excluding carboxylic acids is 4. The van der Waals surface area contributed by atoms with Gasteiger partial charge in [-0.25, -0.2) is 18.2 Å². The Balaban J connectivity index is 1.63. The van der Waals surface area contributed by atoms with Crippen LogP contribution in [0.5, 0.6) is 17.2 Å². The molecule has 4 amide bonds. The molecule has 1 aromatic heterocycles. The van der Waals surface area contributed by atoms with Gasteiger partial charge in [0.25, 0.3) is 5.91 Å². The summed E-state index contributed by atoms with van der Waals surface area (Å²) in [5.41, 5.74) is 1.35. The number of carbonyl (C=O) groups is 4. The number of pyridine rings is 1. The Morgan fingerprint density at radius 2 is 1.66 bits per heavy atom. The zero-order chi connectivity index (χ0) is 44.5. The van der Waals surface area contributed by atoms with Crippen LogP contribution in [0.3, 0.4) is 0 Å². The van der Waals surface area contributed by atoms with Crippen LogP contribution >= 0.6 is 0 Å². The van der Waals surface area contributed by atoms with E-state index in [0.29, 0.717) is 64.2 Å². The molecular weight excluding hydrogens is 799 g/mol. The van der Waals surface area contributed by atoms with Crippen LogP contribution in [0, 0.1) is 5.41 Å². The van der Waals surface area contributed by atoms with Gasteiger partial charge < -0.3 is 30.2 Å². The molecule has 2 bridgehead atoms. The van der Waals surface area contributed by atoms with Crippen LogP contribution < -0.4 is 30.1 Å². The number of fused-ring (bicyclic) bond motifs is 3. The molecule has 0 fully saturated rings. The predicted octanol–water partition coefficient (Wildman–Crippen LogP) is 7.73. The van der Waals surface area contributed by atoms with Crippen molar-refractivity contribution in [1.82, 2.24) is 25.7 Å². The number of hydrogen-bond acceptors (Lipinski definition) is 10. The van der Waals surface area contributed by atoms with Gasteiger partial charge in [0.2, 0.25) is 21.8 Å². The molecule has 4 aromatic rings. The molecule has 0 saturated heterocycles. The minimum Gasteiger partial charge on any atom is -0.497 e. The molecule has 0 spiro atoms. The fourth-order valence-corrected chi connectivity index (χ4v) is 7.85. The lowest BCUT2D eigenvalue weighted by atomic mass is 9.86. The fraction of sp³-hybridized carbons (Fsp3) is 0.413. The number of ether oxygens (including phenoxy) is 3. The number of amides is 4. The summed E-state index contributed by atoms with van der Waals surface area (Å²) < 4.78 is 45.7. The third-order valence-electron chi connectivity index (χ3n) is 9.77.